The lowest BCUT2D eigenvalue weighted by Crippen LogP contribution is -2.52. The smallest absolute Gasteiger partial charge is 0.112 e. The maximum absolute atomic E-state index is 10.3. The van der Waals surface area contributed by atoms with Crippen molar-refractivity contribution in [2.75, 3.05) is 6.61 Å². The van der Waals surface area contributed by atoms with E-state index in [1.54, 1.807) is 0 Å². The highest BCUT2D eigenvalue weighted by Gasteiger charge is 2.38. The van der Waals surface area contributed by atoms with E-state index >= 15 is 0 Å². The molecule has 120 valence electrons. The fraction of sp³-hybridized carbons (Fsp3) is 1.00. The standard InChI is InChI=1S/C16H32O4/c1-4-7-8-9-13-10-14(18)16(15(11-17)19-13)20-12(5-2)6-3/h12-18H,4-11H2,1-3H3. The number of hydrogen-bond acceptors (Lipinski definition) is 4. The predicted octanol–water partition coefficient (Wildman–Crippen LogP) is 2.65. The van der Waals surface area contributed by atoms with Crippen molar-refractivity contribution in [3.63, 3.8) is 0 Å². The van der Waals surface area contributed by atoms with Gasteiger partial charge in [0.1, 0.15) is 12.2 Å². The molecule has 1 rings (SSSR count). The van der Waals surface area contributed by atoms with Crippen molar-refractivity contribution >= 4 is 0 Å². The highest BCUT2D eigenvalue weighted by Crippen LogP contribution is 2.27. The van der Waals surface area contributed by atoms with Gasteiger partial charge in [0.2, 0.25) is 0 Å². The van der Waals surface area contributed by atoms with E-state index in [0.29, 0.717) is 6.42 Å². The van der Waals surface area contributed by atoms with Crippen LogP contribution in [0.5, 0.6) is 0 Å². The maximum Gasteiger partial charge on any atom is 0.112 e. The second-order valence-electron chi connectivity index (χ2n) is 5.82. The molecule has 0 spiro atoms. The molecule has 4 atom stereocenters. The predicted molar refractivity (Wildman–Crippen MR) is 79.8 cm³/mol. The Hall–Kier alpha value is -0.160. The van der Waals surface area contributed by atoms with Crippen LogP contribution in [0.15, 0.2) is 0 Å². The first kappa shape index (κ1) is 17.9. The molecule has 0 radical (unpaired) electrons. The van der Waals surface area contributed by atoms with Crippen LogP contribution in [-0.2, 0) is 9.47 Å². The van der Waals surface area contributed by atoms with E-state index < -0.39 is 18.3 Å². The molecule has 4 heteroatoms. The number of aliphatic hydroxyl groups excluding tert-OH is 2. The zero-order valence-corrected chi connectivity index (χ0v) is 13.3. The highest BCUT2D eigenvalue weighted by molar-refractivity contribution is 4.87. The fourth-order valence-electron chi connectivity index (χ4n) is 2.87. The zero-order chi connectivity index (χ0) is 15.0. The molecule has 4 unspecified atom stereocenters. The molecule has 1 aliphatic heterocycles. The van der Waals surface area contributed by atoms with Crippen molar-refractivity contribution in [3.8, 4) is 0 Å². The van der Waals surface area contributed by atoms with Gasteiger partial charge in [0.05, 0.1) is 24.9 Å². The Kier molecular flexibility index (Phi) is 8.69. The lowest BCUT2D eigenvalue weighted by atomic mass is 9.94. The average molecular weight is 288 g/mol. The monoisotopic (exact) mass is 288 g/mol. The van der Waals surface area contributed by atoms with Gasteiger partial charge in [0.15, 0.2) is 0 Å². The van der Waals surface area contributed by atoms with Crippen LogP contribution in [0.1, 0.15) is 65.7 Å². The summed E-state index contributed by atoms with van der Waals surface area (Å²) < 4.78 is 11.9. The van der Waals surface area contributed by atoms with Gasteiger partial charge in [0.25, 0.3) is 0 Å². The summed E-state index contributed by atoms with van der Waals surface area (Å²) in [6, 6.07) is 0. The first-order chi connectivity index (χ1) is 9.65. The lowest BCUT2D eigenvalue weighted by Gasteiger charge is -2.40. The first-order valence-corrected chi connectivity index (χ1v) is 8.25. The molecule has 0 bridgehead atoms. The summed E-state index contributed by atoms with van der Waals surface area (Å²) in [4.78, 5) is 0. The van der Waals surface area contributed by atoms with Crippen LogP contribution in [0.4, 0.5) is 0 Å². The Morgan fingerprint density at radius 3 is 2.45 bits per heavy atom. The van der Waals surface area contributed by atoms with Crippen LogP contribution in [0.3, 0.4) is 0 Å². The van der Waals surface area contributed by atoms with Crippen molar-refractivity contribution < 1.29 is 19.7 Å². The average Bonchev–Trinajstić information content (AvgIpc) is 2.46. The molecule has 0 aromatic heterocycles. The van der Waals surface area contributed by atoms with Gasteiger partial charge in [-0.05, 0) is 19.3 Å². The molecule has 0 aliphatic carbocycles. The molecule has 1 saturated heterocycles. The highest BCUT2D eigenvalue weighted by atomic mass is 16.6. The van der Waals surface area contributed by atoms with Crippen molar-refractivity contribution in [1.82, 2.24) is 0 Å². The van der Waals surface area contributed by atoms with E-state index in [-0.39, 0.29) is 18.8 Å². The van der Waals surface area contributed by atoms with E-state index in [1.165, 1.54) is 12.8 Å². The van der Waals surface area contributed by atoms with Crippen LogP contribution in [0, 0.1) is 0 Å². The normalized spacial score (nSPS) is 30.9. The minimum atomic E-state index is -0.534. The molecule has 1 aliphatic rings. The van der Waals surface area contributed by atoms with Crippen LogP contribution in [0.2, 0.25) is 0 Å². The molecule has 0 aromatic carbocycles. The van der Waals surface area contributed by atoms with Crippen LogP contribution in [0.25, 0.3) is 0 Å². The molecule has 20 heavy (non-hydrogen) atoms. The topological polar surface area (TPSA) is 58.9 Å². The molecule has 0 aromatic rings. The van der Waals surface area contributed by atoms with Gasteiger partial charge in [-0.25, -0.2) is 0 Å². The summed E-state index contributed by atoms with van der Waals surface area (Å²) in [6.07, 6.45) is 5.74. The third-order valence-corrected chi connectivity index (χ3v) is 4.19. The first-order valence-electron chi connectivity index (χ1n) is 8.25. The fourth-order valence-corrected chi connectivity index (χ4v) is 2.87. The van der Waals surface area contributed by atoms with Crippen molar-refractivity contribution in [1.29, 1.82) is 0 Å². The number of hydrogen-bond donors (Lipinski definition) is 2. The Labute approximate surface area is 123 Å². The number of aliphatic hydroxyl groups is 2. The van der Waals surface area contributed by atoms with Gasteiger partial charge >= 0.3 is 0 Å². The van der Waals surface area contributed by atoms with Crippen molar-refractivity contribution in [3.05, 3.63) is 0 Å². The SMILES string of the molecule is CCCCCC1CC(O)C(OC(CC)CC)C(CO)O1. The number of ether oxygens (including phenoxy) is 2. The quantitative estimate of drug-likeness (QED) is 0.640. The second-order valence-corrected chi connectivity index (χ2v) is 5.82. The lowest BCUT2D eigenvalue weighted by molar-refractivity contribution is -0.212. The van der Waals surface area contributed by atoms with Gasteiger partial charge in [-0.2, -0.15) is 0 Å². The van der Waals surface area contributed by atoms with E-state index in [0.717, 1.165) is 25.7 Å². The maximum atomic E-state index is 10.3. The number of unbranched alkanes of at least 4 members (excludes halogenated alkanes) is 2. The zero-order valence-electron chi connectivity index (χ0n) is 13.3. The van der Waals surface area contributed by atoms with Gasteiger partial charge in [-0.15, -0.1) is 0 Å². The summed E-state index contributed by atoms with van der Waals surface area (Å²) in [7, 11) is 0. The number of rotatable bonds is 9. The van der Waals surface area contributed by atoms with Gasteiger partial charge in [-0.3, -0.25) is 0 Å². The molecule has 1 heterocycles. The molecule has 2 N–H and O–H groups in total. The second kappa shape index (κ2) is 9.72. The van der Waals surface area contributed by atoms with Crippen LogP contribution < -0.4 is 0 Å². The Morgan fingerprint density at radius 1 is 1.20 bits per heavy atom. The summed E-state index contributed by atoms with van der Waals surface area (Å²) in [6.45, 7) is 6.23. The third-order valence-electron chi connectivity index (χ3n) is 4.19. The minimum Gasteiger partial charge on any atom is -0.394 e. The van der Waals surface area contributed by atoms with Crippen molar-refractivity contribution in [2.24, 2.45) is 0 Å². The van der Waals surface area contributed by atoms with Crippen molar-refractivity contribution in [2.45, 2.75) is 96.2 Å². The van der Waals surface area contributed by atoms with Gasteiger partial charge in [0, 0.05) is 6.42 Å². The molecule has 4 nitrogen and oxygen atoms in total. The third kappa shape index (κ3) is 5.32. The summed E-state index contributed by atoms with van der Waals surface area (Å²) >= 11 is 0. The minimum absolute atomic E-state index is 0.0512. The summed E-state index contributed by atoms with van der Waals surface area (Å²) in [5, 5.41) is 19.8. The Balaban J connectivity index is 2.52. The van der Waals surface area contributed by atoms with E-state index in [1.807, 2.05) is 0 Å². The largest absolute Gasteiger partial charge is 0.394 e. The Bertz CT molecular complexity index is 243. The summed E-state index contributed by atoms with van der Waals surface area (Å²) in [5.41, 5.74) is 0. The van der Waals surface area contributed by atoms with Crippen LogP contribution in [-0.4, -0.2) is 47.3 Å². The molecular formula is C16H32O4. The van der Waals surface area contributed by atoms with Gasteiger partial charge < -0.3 is 19.7 Å². The Morgan fingerprint density at radius 2 is 1.90 bits per heavy atom. The van der Waals surface area contributed by atoms with Crippen LogP contribution >= 0.6 is 0 Å². The van der Waals surface area contributed by atoms with Gasteiger partial charge in [-0.1, -0.05) is 40.0 Å². The molecule has 1 fully saturated rings. The van der Waals surface area contributed by atoms with E-state index in [9.17, 15) is 10.2 Å². The molecular weight excluding hydrogens is 256 g/mol. The summed E-state index contributed by atoms with van der Waals surface area (Å²) in [5.74, 6) is 0. The van der Waals surface area contributed by atoms with E-state index in [2.05, 4.69) is 20.8 Å². The molecule has 0 saturated carbocycles. The molecule has 0 amide bonds. The van der Waals surface area contributed by atoms with E-state index in [4.69, 9.17) is 9.47 Å².